The second-order valence-electron chi connectivity index (χ2n) is 3.69. The quantitative estimate of drug-likeness (QED) is 0.723. The standard InChI is InChI=1S/C14H11FN2/c1-17-8-4-5-12(17)9-11(10-16)13-6-2-3-7-14(13)15/h2-9H,1H3. The Balaban J connectivity index is 2.49. The van der Waals surface area contributed by atoms with E-state index in [0.717, 1.165) is 5.69 Å². The predicted molar refractivity (Wildman–Crippen MR) is 65.3 cm³/mol. The van der Waals surface area contributed by atoms with Crippen molar-refractivity contribution >= 4 is 11.6 Å². The van der Waals surface area contributed by atoms with Gasteiger partial charge in [0.25, 0.3) is 0 Å². The van der Waals surface area contributed by atoms with E-state index in [4.69, 9.17) is 5.26 Å². The van der Waals surface area contributed by atoms with Gasteiger partial charge >= 0.3 is 0 Å². The largest absolute Gasteiger partial charge is 0.351 e. The van der Waals surface area contributed by atoms with Crippen LogP contribution in [0.25, 0.3) is 11.6 Å². The lowest BCUT2D eigenvalue weighted by Crippen LogP contribution is -1.91. The predicted octanol–water partition coefficient (Wildman–Crippen LogP) is 3.23. The summed E-state index contributed by atoms with van der Waals surface area (Å²) in [5.41, 5.74) is 1.52. The fraction of sp³-hybridized carbons (Fsp3) is 0.0714. The Morgan fingerprint density at radius 1 is 1.29 bits per heavy atom. The molecule has 3 heteroatoms. The number of aryl methyl sites for hydroxylation is 1. The SMILES string of the molecule is Cn1cccc1C=C(C#N)c1ccccc1F. The molecule has 0 aliphatic rings. The number of hydrogen-bond donors (Lipinski definition) is 0. The first-order chi connectivity index (χ1) is 8.22. The lowest BCUT2D eigenvalue weighted by molar-refractivity contribution is 0.624. The summed E-state index contributed by atoms with van der Waals surface area (Å²) in [4.78, 5) is 0. The van der Waals surface area contributed by atoms with Gasteiger partial charge in [-0.25, -0.2) is 4.39 Å². The summed E-state index contributed by atoms with van der Waals surface area (Å²) < 4.78 is 15.4. The Morgan fingerprint density at radius 2 is 2.06 bits per heavy atom. The molecule has 0 saturated carbocycles. The molecule has 84 valence electrons. The molecule has 2 nitrogen and oxygen atoms in total. The number of nitrogens with zero attached hydrogens (tertiary/aromatic N) is 2. The lowest BCUT2D eigenvalue weighted by Gasteiger charge is -2.02. The van der Waals surface area contributed by atoms with Crippen molar-refractivity contribution in [2.45, 2.75) is 0 Å². The van der Waals surface area contributed by atoms with Gasteiger partial charge in [-0.3, -0.25) is 0 Å². The van der Waals surface area contributed by atoms with E-state index in [1.165, 1.54) is 6.07 Å². The van der Waals surface area contributed by atoms with E-state index in [-0.39, 0.29) is 5.82 Å². The van der Waals surface area contributed by atoms with Gasteiger partial charge in [0.2, 0.25) is 0 Å². The minimum absolute atomic E-state index is 0.324. The van der Waals surface area contributed by atoms with Gasteiger partial charge in [0, 0.05) is 24.5 Å². The van der Waals surface area contributed by atoms with Crippen LogP contribution in [0.3, 0.4) is 0 Å². The molecular weight excluding hydrogens is 215 g/mol. The molecule has 0 atom stereocenters. The molecule has 0 aliphatic carbocycles. The smallest absolute Gasteiger partial charge is 0.131 e. The minimum atomic E-state index is -0.380. The molecular formula is C14H11FN2. The Morgan fingerprint density at radius 3 is 2.65 bits per heavy atom. The highest BCUT2D eigenvalue weighted by atomic mass is 19.1. The van der Waals surface area contributed by atoms with Gasteiger partial charge in [0.1, 0.15) is 5.82 Å². The second kappa shape index (κ2) is 4.67. The highest BCUT2D eigenvalue weighted by Crippen LogP contribution is 2.20. The van der Waals surface area contributed by atoms with Crippen LogP contribution in [-0.2, 0) is 7.05 Å². The van der Waals surface area contributed by atoms with Crippen molar-refractivity contribution in [1.29, 1.82) is 5.26 Å². The van der Waals surface area contributed by atoms with Crippen molar-refractivity contribution in [3.63, 3.8) is 0 Å². The van der Waals surface area contributed by atoms with Crippen molar-refractivity contribution < 1.29 is 4.39 Å². The van der Waals surface area contributed by atoms with E-state index in [1.54, 1.807) is 24.3 Å². The minimum Gasteiger partial charge on any atom is -0.351 e. The molecule has 0 N–H and O–H groups in total. The molecule has 0 unspecified atom stereocenters. The summed E-state index contributed by atoms with van der Waals surface area (Å²) in [6.07, 6.45) is 3.56. The molecule has 2 aromatic rings. The topological polar surface area (TPSA) is 28.7 Å². The Hall–Kier alpha value is -2.34. The summed E-state index contributed by atoms with van der Waals surface area (Å²) in [6.45, 7) is 0. The van der Waals surface area contributed by atoms with E-state index >= 15 is 0 Å². The molecule has 1 aromatic heterocycles. The van der Waals surface area contributed by atoms with Crippen LogP contribution in [-0.4, -0.2) is 4.57 Å². The van der Waals surface area contributed by atoms with Crippen LogP contribution in [0.5, 0.6) is 0 Å². The fourth-order valence-electron chi connectivity index (χ4n) is 1.62. The molecule has 0 spiro atoms. The molecule has 17 heavy (non-hydrogen) atoms. The maximum atomic E-state index is 13.6. The molecule has 0 fully saturated rings. The molecule has 0 radical (unpaired) electrons. The first kappa shape index (κ1) is 11.2. The van der Waals surface area contributed by atoms with Crippen LogP contribution < -0.4 is 0 Å². The summed E-state index contributed by atoms with van der Waals surface area (Å²) >= 11 is 0. The third kappa shape index (κ3) is 2.26. The highest BCUT2D eigenvalue weighted by molar-refractivity contribution is 5.89. The third-order valence-corrected chi connectivity index (χ3v) is 2.56. The molecule has 0 saturated heterocycles. The lowest BCUT2D eigenvalue weighted by atomic mass is 10.1. The molecule has 0 bridgehead atoms. The van der Waals surface area contributed by atoms with Crippen molar-refractivity contribution in [1.82, 2.24) is 4.57 Å². The summed E-state index contributed by atoms with van der Waals surface area (Å²) in [5, 5.41) is 9.10. The van der Waals surface area contributed by atoms with E-state index in [2.05, 4.69) is 0 Å². The third-order valence-electron chi connectivity index (χ3n) is 2.56. The number of benzene rings is 1. The molecule has 0 amide bonds. The van der Waals surface area contributed by atoms with Gasteiger partial charge in [0.05, 0.1) is 11.6 Å². The zero-order valence-electron chi connectivity index (χ0n) is 9.39. The zero-order valence-corrected chi connectivity index (χ0v) is 9.39. The van der Waals surface area contributed by atoms with Gasteiger partial charge in [-0.2, -0.15) is 5.26 Å². The Bertz CT molecular complexity index is 603. The van der Waals surface area contributed by atoms with Gasteiger partial charge in [-0.1, -0.05) is 18.2 Å². The van der Waals surface area contributed by atoms with Gasteiger partial charge < -0.3 is 4.57 Å². The maximum absolute atomic E-state index is 13.6. The summed E-state index contributed by atoms with van der Waals surface area (Å²) in [7, 11) is 1.88. The van der Waals surface area contributed by atoms with Gasteiger partial charge in [-0.15, -0.1) is 0 Å². The van der Waals surface area contributed by atoms with Gasteiger partial charge in [0.15, 0.2) is 0 Å². The van der Waals surface area contributed by atoms with Crippen LogP contribution >= 0.6 is 0 Å². The first-order valence-corrected chi connectivity index (χ1v) is 5.20. The fourth-order valence-corrected chi connectivity index (χ4v) is 1.62. The van der Waals surface area contributed by atoms with Gasteiger partial charge in [-0.05, 0) is 24.3 Å². The van der Waals surface area contributed by atoms with Crippen LogP contribution in [0.15, 0.2) is 42.6 Å². The molecule has 0 aliphatic heterocycles. The number of allylic oxidation sites excluding steroid dienone is 1. The average molecular weight is 226 g/mol. The van der Waals surface area contributed by atoms with Crippen molar-refractivity contribution in [3.8, 4) is 6.07 Å². The summed E-state index contributed by atoms with van der Waals surface area (Å²) in [6, 6.07) is 12.1. The number of halogens is 1. The number of hydrogen-bond acceptors (Lipinski definition) is 1. The highest BCUT2D eigenvalue weighted by Gasteiger charge is 2.07. The van der Waals surface area contributed by atoms with Crippen molar-refractivity contribution in [3.05, 3.63) is 59.7 Å². The van der Waals surface area contributed by atoms with Crippen LogP contribution in [0.1, 0.15) is 11.3 Å². The van der Waals surface area contributed by atoms with E-state index in [0.29, 0.717) is 11.1 Å². The Labute approximate surface area is 99.2 Å². The van der Waals surface area contributed by atoms with Crippen molar-refractivity contribution in [2.24, 2.45) is 7.05 Å². The van der Waals surface area contributed by atoms with Crippen LogP contribution in [0.2, 0.25) is 0 Å². The van der Waals surface area contributed by atoms with Crippen molar-refractivity contribution in [2.75, 3.05) is 0 Å². The van der Waals surface area contributed by atoms with E-state index in [1.807, 2.05) is 36.0 Å². The van der Waals surface area contributed by atoms with E-state index in [9.17, 15) is 4.39 Å². The maximum Gasteiger partial charge on any atom is 0.131 e. The summed E-state index contributed by atoms with van der Waals surface area (Å²) in [5.74, 6) is -0.380. The Kier molecular flexibility index (Phi) is 3.06. The zero-order chi connectivity index (χ0) is 12.3. The van der Waals surface area contributed by atoms with Crippen LogP contribution in [0.4, 0.5) is 4.39 Å². The average Bonchev–Trinajstić information content (AvgIpc) is 2.73. The number of rotatable bonds is 2. The second-order valence-corrected chi connectivity index (χ2v) is 3.69. The molecule has 1 heterocycles. The molecule has 2 rings (SSSR count). The van der Waals surface area contributed by atoms with Crippen LogP contribution in [0, 0.1) is 17.1 Å². The van der Waals surface area contributed by atoms with E-state index < -0.39 is 0 Å². The normalized spacial score (nSPS) is 11.2. The first-order valence-electron chi connectivity index (χ1n) is 5.20. The number of aromatic nitrogens is 1. The molecule has 1 aromatic carbocycles. The monoisotopic (exact) mass is 226 g/mol. The number of nitriles is 1.